The average molecular weight is 200 g/mol. The maximum absolute atomic E-state index is 5.12. The molecule has 1 aromatic carbocycles. The van der Waals surface area contributed by atoms with E-state index in [-0.39, 0.29) is 0 Å². The van der Waals surface area contributed by atoms with Gasteiger partial charge in [-0.25, -0.2) is 0 Å². The van der Waals surface area contributed by atoms with E-state index in [2.05, 4.69) is 22.1 Å². The Morgan fingerprint density at radius 1 is 1.40 bits per heavy atom. The monoisotopic (exact) mass is 201 g/mol. The molecule has 53 valence electrons. The Kier molecular flexibility index (Phi) is 2.79. The standard InChI is InChI=1S/C8H9OSe/c1-9-8-5-3-2-4-7(8)6-10/h2-5H,6H2,1H3. The summed E-state index contributed by atoms with van der Waals surface area (Å²) in [6, 6.07) is 8.00. The van der Waals surface area contributed by atoms with E-state index in [4.69, 9.17) is 4.74 Å². The van der Waals surface area contributed by atoms with Crippen LogP contribution in [0.15, 0.2) is 24.3 Å². The van der Waals surface area contributed by atoms with Crippen molar-refractivity contribution in [3.63, 3.8) is 0 Å². The predicted octanol–water partition coefficient (Wildman–Crippen LogP) is 1.36. The van der Waals surface area contributed by atoms with E-state index in [1.807, 2.05) is 18.2 Å². The third kappa shape index (κ3) is 1.53. The van der Waals surface area contributed by atoms with Crippen LogP contribution in [0.25, 0.3) is 0 Å². The molecule has 0 spiro atoms. The van der Waals surface area contributed by atoms with Crippen molar-refractivity contribution >= 4 is 16.0 Å². The Labute approximate surface area is 69.2 Å². The fourth-order valence-electron chi connectivity index (χ4n) is 0.822. The molecule has 0 unspecified atom stereocenters. The first-order valence-electron chi connectivity index (χ1n) is 3.08. The average Bonchev–Trinajstić information content (AvgIpc) is 2.04. The van der Waals surface area contributed by atoms with Gasteiger partial charge >= 0.3 is 68.8 Å². The van der Waals surface area contributed by atoms with Crippen molar-refractivity contribution in [1.82, 2.24) is 0 Å². The molecule has 1 rings (SSSR count). The number of hydrogen-bond acceptors (Lipinski definition) is 1. The van der Waals surface area contributed by atoms with Gasteiger partial charge in [-0.15, -0.1) is 0 Å². The Bertz CT molecular complexity index is 187. The third-order valence-electron chi connectivity index (χ3n) is 1.35. The Hall–Kier alpha value is -0.461. The van der Waals surface area contributed by atoms with E-state index in [0.717, 1.165) is 11.1 Å². The summed E-state index contributed by atoms with van der Waals surface area (Å²) >= 11 is 2.95. The molecule has 1 aromatic rings. The maximum atomic E-state index is 5.12. The first kappa shape index (κ1) is 7.64. The molecule has 0 aliphatic carbocycles. The topological polar surface area (TPSA) is 9.23 Å². The molecular formula is C8H9OSe. The minimum atomic E-state index is 0.907. The summed E-state index contributed by atoms with van der Waals surface area (Å²) in [6.07, 6.45) is 0. The van der Waals surface area contributed by atoms with Gasteiger partial charge in [-0.2, -0.15) is 0 Å². The van der Waals surface area contributed by atoms with Crippen molar-refractivity contribution in [2.45, 2.75) is 5.32 Å². The predicted molar refractivity (Wildman–Crippen MR) is 42.5 cm³/mol. The molecule has 1 nitrogen and oxygen atoms in total. The number of para-hydroxylation sites is 1. The van der Waals surface area contributed by atoms with Crippen molar-refractivity contribution in [1.29, 1.82) is 0 Å². The summed E-state index contributed by atoms with van der Waals surface area (Å²) in [6.45, 7) is 0. The van der Waals surface area contributed by atoms with Gasteiger partial charge in [0.2, 0.25) is 0 Å². The summed E-state index contributed by atoms with van der Waals surface area (Å²) < 4.78 is 5.12. The molecule has 10 heavy (non-hydrogen) atoms. The molecule has 2 heteroatoms. The van der Waals surface area contributed by atoms with Crippen LogP contribution >= 0.6 is 0 Å². The van der Waals surface area contributed by atoms with Crippen LogP contribution in [0.4, 0.5) is 0 Å². The third-order valence-corrected chi connectivity index (χ3v) is 2.00. The second kappa shape index (κ2) is 3.65. The number of methoxy groups -OCH3 is 1. The zero-order valence-electron chi connectivity index (χ0n) is 5.83. The number of benzene rings is 1. The molecule has 0 heterocycles. The molecule has 0 atom stereocenters. The zero-order valence-corrected chi connectivity index (χ0v) is 7.55. The van der Waals surface area contributed by atoms with Gasteiger partial charge in [0.15, 0.2) is 0 Å². The molecule has 0 aliphatic rings. The van der Waals surface area contributed by atoms with Gasteiger partial charge in [0.05, 0.1) is 0 Å². The van der Waals surface area contributed by atoms with Crippen LogP contribution in [0.5, 0.6) is 5.75 Å². The van der Waals surface area contributed by atoms with E-state index >= 15 is 0 Å². The van der Waals surface area contributed by atoms with Gasteiger partial charge in [0.1, 0.15) is 0 Å². The van der Waals surface area contributed by atoms with Crippen LogP contribution in [0.3, 0.4) is 0 Å². The molecule has 0 N–H and O–H groups in total. The van der Waals surface area contributed by atoms with Crippen LogP contribution in [0.1, 0.15) is 5.56 Å². The van der Waals surface area contributed by atoms with Crippen LogP contribution < -0.4 is 4.74 Å². The summed E-state index contributed by atoms with van der Waals surface area (Å²) in [5, 5.41) is 0.907. The minimum absolute atomic E-state index is 0.907. The van der Waals surface area contributed by atoms with Crippen LogP contribution in [0, 0.1) is 0 Å². The number of hydrogen-bond donors (Lipinski definition) is 0. The Balaban J connectivity index is 2.96. The van der Waals surface area contributed by atoms with Gasteiger partial charge in [0, 0.05) is 0 Å². The van der Waals surface area contributed by atoms with E-state index < -0.39 is 0 Å². The van der Waals surface area contributed by atoms with Gasteiger partial charge in [-0.3, -0.25) is 0 Å². The van der Waals surface area contributed by atoms with E-state index in [9.17, 15) is 0 Å². The van der Waals surface area contributed by atoms with Crippen LogP contribution in [-0.2, 0) is 5.32 Å². The molecule has 0 aliphatic heterocycles. The SMILES string of the molecule is COc1ccccc1C[Se]. The van der Waals surface area contributed by atoms with Crippen LogP contribution in [0.2, 0.25) is 0 Å². The summed E-state index contributed by atoms with van der Waals surface area (Å²) in [7, 11) is 1.69. The fourth-order valence-corrected chi connectivity index (χ4v) is 1.32. The molecule has 0 bridgehead atoms. The molecule has 0 amide bonds. The van der Waals surface area contributed by atoms with E-state index in [0.29, 0.717) is 0 Å². The Morgan fingerprint density at radius 3 is 2.60 bits per heavy atom. The van der Waals surface area contributed by atoms with Crippen molar-refractivity contribution in [2.24, 2.45) is 0 Å². The molecule has 0 fully saturated rings. The van der Waals surface area contributed by atoms with Gasteiger partial charge in [0.25, 0.3) is 0 Å². The molecule has 0 aromatic heterocycles. The normalized spacial score (nSPS) is 9.40. The molecular weight excluding hydrogens is 191 g/mol. The number of ether oxygens (including phenoxy) is 1. The summed E-state index contributed by atoms with van der Waals surface area (Å²) in [4.78, 5) is 0. The molecule has 1 radical (unpaired) electrons. The molecule has 0 saturated heterocycles. The second-order valence-electron chi connectivity index (χ2n) is 1.96. The van der Waals surface area contributed by atoms with Gasteiger partial charge in [-0.1, -0.05) is 0 Å². The quantitative estimate of drug-likeness (QED) is 0.655. The first-order chi connectivity index (χ1) is 4.88. The Morgan fingerprint density at radius 2 is 2.10 bits per heavy atom. The summed E-state index contributed by atoms with van der Waals surface area (Å²) in [5.41, 5.74) is 1.21. The number of rotatable bonds is 2. The van der Waals surface area contributed by atoms with Crippen molar-refractivity contribution in [3.05, 3.63) is 29.8 Å². The van der Waals surface area contributed by atoms with Crippen molar-refractivity contribution in [3.8, 4) is 5.75 Å². The fraction of sp³-hybridized carbons (Fsp3) is 0.250. The van der Waals surface area contributed by atoms with Gasteiger partial charge < -0.3 is 0 Å². The van der Waals surface area contributed by atoms with E-state index in [1.165, 1.54) is 5.56 Å². The first-order valence-corrected chi connectivity index (χ1v) is 4.29. The van der Waals surface area contributed by atoms with Crippen LogP contribution in [-0.4, -0.2) is 23.1 Å². The zero-order chi connectivity index (χ0) is 7.40. The van der Waals surface area contributed by atoms with Gasteiger partial charge in [-0.05, 0) is 0 Å². The van der Waals surface area contributed by atoms with Crippen molar-refractivity contribution in [2.75, 3.05) is 7.11 Å². The molecule has 0 saturated carbocycles. The van der Waals surface area contributed by atoms with E-state index in [1.54, 1.807) is 7.11 Å². The van der Waals surface area contributed by atoms with Crippen molar-refractivity contribution < 1.29 is 4.74 Å². The second-order valence-corrected chi connectivity index (χ2v) is 2.56. The summed E-state index contributed by atoms with van der Waals surface area (Å²) in [5.74, 6) is 0.959.